The first kappa shape index (κ1) is 18.4. The van der Waals surface area contributed by atoms with Crippen LogP contribution in [0, 0.1) is 6.92 Å². The second-order valence-corrected chi connectivity index (χ2v) is 6.86. The Morgan fingerprint density at radius 1 is 1.25 bits per heavy atom. The SMILES string of the molecule is CCOC(=O)c1sc(C(C)(C)c2cccc(C(F)(F)F)c2)nc1C. The number of carbonyl (C=O) groups excluding carboxylic acids is 1. The van der Waals surface area contributed by atoms with E-state index in [1.165, 1.54) is 6.07 Å². The van der Waals surface area contributed by atoms with Crippen molar-refractivity contribution in [3.05, 3.63) is 51.0 Å². The second-order valence-electron chi connectivity index (χ2n) is 5.86. The number of rotatable bonds is 4. The Morgan fingerprint density at radius 2 is 1.88 bits per heavy atom. The molecule has 0 aliphatic carbocycles. The van der Waals surface area contributed by atoms with E-state index >= 15 is 0 Å². The summed E-state index contributed by atoms with van der Waals surface area (Å²) < 4.78 is 43.8. The summed E-state index contributed by atoms with van der Waals surface area (Å²) in [6.45, 7) is 7.23. The maximum absolute atomic E-state index is 12.9. The van der Waals surface area contributed by atoms with Crippen LogP contribution in [0.5, 0.6) is 0 Å². The Kier molecular flexibility index (Phi) is 5.03. The van der Waals surface area contributed by atoms with Gasteiger partial charge in [-0.1, -0.05) is 18.2 Å². The third-order valence-electron chi connectivity index (χ3n) is 3.70. The van der Waals surface area contributed by atoms with Gasteiger partial charge in [-0.05, 0) is 39.3 Å². The zero-order valence-corrected chi connectivity index (χ0v) is 14.6. The number of aryl methyl sites for hydroxylation is 1. The minimum Gasteiger partial charge on any atom is -0.462 e. The van der Waals surface area contributed by atoms with E-state index in [9.17, 15) is 18.0 Å². The average molecular weight is 357 g/mol. The van der Waals surface area contributed by atoms with Crippen LogP contribution in [-0.2, 0) is 16.3 Å². The monoisotopic (exact) mass is 357 g/mol. The molecule has 7 heteroatoms. The summed E-state index contributed by atoms with van der Waals surface area (Å²) in [5.41, 5.74) is -0.455. The molecule has 130 valence electrons. The van der Waals surface area contributed by atoms with Gasteiger partial charge in [-0.25, -0.2) is 9.78 Å². The lowest BCUT2D eigenvalue weighted by molar-refractivity contribution is -0.137. The molecular weight excluding hydrogens is 339 g/mol. The summed E-state index contributed by atoms with van der Waals surface area (Å²) in [7, 11) is 0. The topological polar surface area (TPSA) is 39.2 Å². The van der Waals surface area contributed by atoms with Gasteiger partial charge in [-0.2, -0.15) is 13.2 Å². The first-order chi connectivity index (χ1) is 11.1. The number of esters is 1. The molecule has 0 fully saturated rings. The van der Waals surface area contributed by atoms with E-state index in [1.807, 2.05) is 0 Å². The third kappa shape index (κ3) is 3.61. The predicted octanol–water partition coefficient (Wildman–Crippen LogP) is 4.97. The number of halogens is 3. The average Bonchev–Trinajstić information content (AvgIpc) is 2.89. The molecule has 0 saturated heterocycles. The maximum Gasteiger partial charge on any atom is 0.416 e. The van der Waals surface area contributed by atoms with E-state index in [-0.39, 0.29) is 6.61 Å². The van der Waals surface area contributed by atoms with Crippen molar-refractivity contribution in [3.63, 3.8) is 0 Å². The van der Waals surface area contributed by atoms with Gasteiger partial charge in [0, 0.05) is 5.41 Å². The normalized spacial score (nSPS) is 12.3. The van der Waals surface area contributed by atoms with Crippen LogP contribution in [0.25, 0.3) is 0 Å². The summed E-state index contributed by atoms with van der Waals surface area (Å²) in [6.07, 6.45) is -4.40. The predicted molar refractivity (Wildman–Crippen MR) is 86.4 cm³/mol. The number of thiazole rings is 1. The summed E-state index contributed by atoms with van der Waals surface area (Å²) in [6, 6.07) is 5.18. The molecule has 0 amide bonds. The molecule has 0 spiro atoms. The van der Waals surface area contributed by atoms with Crippen LogP contribution in [0.2, 0.25) is 0 Å². The lowest BCUT2D eigenvalue weighted by Crippen LogP contribution is -2.19. The molecule has 1 aromatic carbocycles. The number of ether oxygens (including phenoxy) is 1. The van der Waals surface area contributed by atoms with Crippen molar-refractivity contribution in [1.29, 1.82) is 0 Å². The minimum absolute atomic E-state index is 0.253. The highest BCUT2D eigenvalue weighted by molar-refractivity contribution is 7.13. The molecule has 0 aliphatic rings. The van der Waals surface area contributed by atoms with Crippen LogP contribution >= 0.6 is 11.3 Å². The minimum atomic E-state index is -4.40. The van der Waals surface area contributed by atoms with Crippen molar-refractivity contribution in [2.45, 2.75) is 39.3 Å². The van der Waals surface area contributed by atoms with E-state index in [0.29, 0.717) is 21.1 Å². The highest BCUT2D eigenvalue weighted by atomic mass is 32.1. The van der Waals surface area contributed by atoms with Crippen LogP contribution in [0.15, 0.2) is 24.3 Å². The molecule has 0 saturated carbocycles. The van der Waals surface area contributed by atoms with E-state index in [0.717, 1.165) is 23.5 Å². The summed E-state index contributed by atoms with van der Waals surface area (Å²) >= 11 is 1.16. The number of hydrogen-bond acceptors (Lipinski definition) is 4. The highest BCUT2D eigenvalue weighted by Gasteiger charge is 2.34. The van der Waals surface area contributed by atoms with Crippen molar-refractivity contribution in [3.8, 4) is 0 Å². The number of alkyl halides is 3. The van der Waals surface area contributed by atoms with Gasteiger partial charge in [0.1, 0.15) is 9.88 Å². The van der Waals surface area contributed by atoms with Crippen molar-refractivity contribution < 1.29 is 22.7 Å². The Morgan fingerprint density at radius 3 is 2.46 bits per heavy atom. The molecule has 1 aromatic heterocycles. The molecule has 0 unspecified atom stereocenters. The van der Waals surface area contributed by atoms with Gasteiger partial charge >= 0.3 is 12.1 Å². The van der Waals surface area contributed by atoms with E-state index in [1.54, 1.807) is 33.8 Å². The molecule has 0 radical (unpaired) electrons. The van der Waals surface area contributed by atoms with E-state index in [2.05, 4.69) is 4.98 Å². The van der Waals surface area contributed by atoms with E-state index < -0.39 is 23.1 Å². The fourth-order valence-electron chi connectivity index (χ4n) is 2.26. The number of hydrogen-bond donors (Lipinski definition) is 0. The summed E-state index contributed by atoms with van der Waals surface area (Å²) in [4.78, 5) is 16.7. The largest absolute Gasteiger partial charge is 0.462 e. The zero-order valence-electron chi connectivity index (χ0n) is 13.8. The standard InChI is InChI=1S/C17H18F3NO2S/c1-5-23-14(22)13-10(2)21-15(24-13)16(3,4)11-7-6-8-12(9-11)17(18,19)20/h6-9H,5H2,1-4H3. The molecule has 0 atom stereocenters. The number of aromatic nitrogens is 1. The van der Waals surface area contributed by atoms with Crippen molar-refractivity contribution in [1.82, 2.24) is 4.98 Å². The van der Waals surface area contributed by atoms with E-state index in [4.69, 9.17) is 4.74 Å². The smallest absolute Gasteiger partial charge is 0.416 e. The Labute approximate surface area is 142 Å². The van der Waals surface area contributed by atoms with Crippen LogP contribution < -0.4 is 0 Å². The molecule has 2 rings (SSSR count). The van der Waals surface area contributed by atoms with Gasteiger partial charge < -0.3 is 4.74 Å². The molecular formula is C17H18F3NO2S. The molecule has 3 nitrogen and oxygen atoms in total. The summed E-state index contributed by atoms with van der Waals surface area (Å²) in [5, 5.41) is 0.572. The van der Waals surface area contributed by atoms with Gasteiger partial charge in [0.15, 0.2) is 0 Å². The third-order valence-corrected chi connectivity index (χ3v) is 5.16. The van der Waals surface area contributed by atoms with Gasteiger partial charge in [0.2, 0.25) is 0 Å². The number of benzene rings is 1. The zero-order chi connectivity index (χ0) is 18.1. The Balaban J connectivity index is 2.44. The first-order valence-corrected chi connectivity index (χ1v) is 8.21. The lowest BCUT2D eigenvalue weighted by atomic mass is 9.84. The van der Waals surface area contributed by atoms with Crippen LogP contribution in [-0.4, -0.2) is 17.6 Å². The Hall–Kier alpha value is -1.89. The van der Waals surface area contributed by atoms with Gasteiger partial charge in [0.05, 0.1) is 17.9 Å². The van der Waals surface area contributed by atoms with Gasteiger partial charge in [-0.15, -0.1) is 11.3 Å². The fraction of sp³-hybridized carbons (Fsp3) is 0.412. The van der Waals surface area contributed by atoms with Crippen molar-refractivity contribution in [2.75, 3.05) is 6.61 Å². The second kappa shape index (κ2) is 6.55. The fourth-order valence-corrected chi connectivity index (χ4v) is 3.34. The quantitative estimate of drug-likeness (QED) is 0.725. The first-order valence-electron chi connectivity index (χ1n) is 7.40. The molecule has 0 bridgehead atoms. The molecule has 2 aromatic rings. The number of nitrogens with zero attached hydrogens (tertiary/aromatic N) is 1. The van der Waals surface area contributed by atoms with Gasteiger partial charge in [0.25, 0.3) is 0 Å². The summed E-state index contributed by atoms with van der Waals surface area (Å²) in [5.74, 6) is -0.460. The van der Waals surface area contributed by atoms with Crippen LogP contribution in [0.4, 0.5) is 13.2 Å². The van der Waals surface area contributed by atoms with Crippen LogP contribution in [0.1, 0.15) is 52.3 Å². The molecule has 24 heavy (non-hydrogen) atoms. The Bertz CT molecular complexity index is 751. The van der Waals surface area contributed by atoms with Crippen LogP contribution in [0.3, 0.4) is 0 Å². The number of carbonyl (C=O) groups is 1. The molecule has 0 N–H and O–H groups in total. The molecule has 1 heterocycles. The highest BCUT2D eigenvalue weighted by Crippen LogP contribution is 2.38. The van der Waals surface area contributed by atoms with Gasteiger partial charge in [-0.3, -0.25) is 0 Å². The lowest BCUT2D eigenvalue weighted by Gasteiger charge is -2.23. The van der Waals surface area contributed by atoms with Crippen molar-refractivity contribution in [2.24, 2.45) is 0 Å². The maximum atomic E-state index is 12.9. The van der Waals surface area contributed by atoms with Crippen molar-refractivity contribution >= 4 is 17.3 Å². The molecule has 0 aliphatic heterocycles.